The molecule has 1 unspecified atom stereocenters. The van der Waals surface area contributed by atoms with Gasteiger partial charge in [0.15, 0.2) is 0 Å². The van der Waals surface area contributed by atoms with Crippen molar-refractivity contribution in [3.63, 3.8) is 0 Å². The SMILES string of the molecule is CC(C)c1ccc2c(Nc3cc(C(=O)NC(C)c4ccccc4)ccc3Sc3ccc(NC(=O)OC(C)(C)C)cc3)ncnc2c1. The molecule has 4 aromatic carbocycles. The lowest BCUT2D eigenvalue weighted by molar-refractivity contribution is 0.0635. The van der Waals surface area contributed by atoms with Gasteiger partial charge in [0, 0.05) is 26.4 Å². The van der Waals surface area contributed by atoms with Gasteiger partial charge in [-0.3, -0.25) is 10.1 Å². The van der Waals surface area contributed by atoms with Crippen LogP contribution in [-0.2, 0) is 4.74 Å². The number of benzene rings is 4. The first-order chi connectivity index (χ1) is 21.9. The summed E-state index contributed by atoms with van der Waals surface area (Å²) in [5, 5.41) is 10.3. The number of hydrogen-bond donors (Lipinski definition) is 3. The highest BCUT2D eigenvalue weighted by molar-refractivity contribution is 7.99. The molecule has 1 heterocycles. The van der Waals surface area contributed by atoms with Gasteiger partial charge < -0.3 is 15.4 Å². The number of fused-ring (bicyclic) bond motifs is 1. The van der Waals surface area contributed by atoms with E-state index in [1.54, 1.807) is 6.33 Å². The predicted octanol–water partition coefficient (Wildman–Crippen LogP) is 9.49. The monoisotopic (exact) mass is 633 g/mol. The normalized spacial score (nSPS) is 12.1. The minimum Gasteiger partial charge on any atom is -0.444 e. The Morgan fingerprint density at radius 3 is 2.26 bits per heavy atom. The lowest BCUT2D eigenvalue weighted by Crippen LogP contribution is -2.27. The number of ether oxygens (including phenoxy) is 1. The Balaban J connectivity index is 1.43. The number of amides is 2. The van der Waals surface area contributed by atoms with Gasteiger partial charge >= 0.3 is 6.09 Å². The molecule has 0 aliphatic carbocycles. The number of nitrogens with zero attached hydrogens (tertiary/aromatic N) is 2. The van der Waals surface area contributed by atoms with Crippen molar-refractivity contribution < 1.29 is 14.3 Å². The summed E-state index contributed by atoms with van der Waals surface area (Å²) in [5.41, 5.74) is 4.36. The topological polar surface area (TPSA) is 105 Å². The van der Waals surface area contributed by atoms with Crippen LogP contribution in [0.1, 0.15) is 75.0 Å². The van der Waals surface area contributed by atoms with Crippen molar-refractivity contribution in [3.05, 3.63) is 114 Å². The molecular formula is C37H39N5O3S. The van der Waals surface area contributed by atoms with Crippen molar-refractivity contribution >= 4 is 51.9 Å². The highest BCUT2D eigenvalue weighted by Crippen LogP contribution is 2.37. The quantitative estimate of drug-likeness (QED) is 0.148. The molecule has 8 nitrogen and oxygen atoms in total. The summed E-state index contributed by atoms with van der Waals surface area (Å²) in [6, 6.07) is 29.1. The van der Waals surface area contributed by atoms with Crippen LogP contribution in [0.4, 0.5) is 22.0 Å². The van der Waals surface area contributed by atoms with Gasteiger partial charge in [-0.05, 0) is 99.3 Å². The molecule has 0 spiro atoms. The van der Waals surface area contributed by atoms with E-state index >= 15 is 0 Å². The summed E-state index contributed by atoms with van der Waals surface area (Å²) in [4.78, 5) is 36.5. The van der Waals surface area contributed by atoms with Crippen LogP contribution in [0, 0.1) is 0 Å². The molecule has 9 heteroatoms. The van der Waals surface area contributed by atoms with Gasteiger partial charge in [-0.1, -0.05) is 62.0 Å². The summed E-state index contributed by atoms with van der Waals surface area (Å²) >= 11 is 1.53. The van der Waals surface area contributed by atoms with Crippen molar-refractivity contribution in [3.8, 4) is 0 Å². The summed E-state index contributed by atoms with van der Waals surface area (Å²) < 4.78 is 5.36. The minimum atomic E-state index is -0.586. The summed E-state index contributed by atoms with van der Waals surface area (Å²) in [5.74, 6) is 0.842. The number of carbonyl (C=O) groups excluding carboxylic acids is 2. The third kappa shape index (κ3) is 8.43. The molecule has 0 aliphatic rings. The van der Waals surface area contributed by atoms with Crippen molar-refractivity contribution in [2.75, 3.05) is 10.6 Å². The van der Waals surface area contributed by atoms with Crippen molar-refractivity contribution in [2.45, 2.75) is 68.9 Å². The fourth-order valence-corrected chi connectivity index (χ4v) is 5.66. The van der Waals surface area contributed by atoms with E-state index in [0.717, 1.165) is 31.9 Å². The summed E-state index contributed by atoms with van der Waals surface area (Å²) in [6.45, 7) is 11.7. The molecule has 2 amide bonds. The Bertz CT molecular complexity index is 1840. The predicted molar refractivity (Wildman–Crippen MR) is 186 cm³/mol. The second-order valence-corrected chi connectivity index (χ2v) is 13.5. The highest BCUT2D eigenvalue weighted by Gasteiger charge is 2.18. The number of rotatable bonds is 9. The molecule has 0 radical (unpaired) electrons. The molecule has 0 fully saturated rings. The molecule has 46 heavy (non-hydrogen) atoms. The fourth-order valence-electron chi connectivity index (χ4n) is 4.78. The van der Waals surface area contributed by atoms with E-state index < -0.39 is 11.7 Å². The third-order valence-electron chi connectivity index (χ3n) is 7.20. The number of anilines is 3. The summed E-state index contributed by atoms with van der Waals surface area (Å²) in [7, 11) is 0. The van der Waals surface area contributed by atoms with Crippen LogP contribution in [0.2, 0.25) is 0 Å². The van der Waals surface area contributed by atoms with Gasteiger partial charge in [0.2, 0.25) is 0 Å². The summed E-state index contributed by atoms with van der Waals surface area (Å²) in [6.07, 6.45) is 1.04. The third-order valence-corrected chi connectivity index (χ3v) is 8.28. The molecule has 1 aromatic heterocycles. The maximum atomic E-state index is 13.4. The van der Waals surface area contributed by atoms with E-state index in [-0.39, 0.29) is 11.9 Å². The second kappa shape index (κ2) is 14.0. The number of hydrogen-bond acceptors (Lipinski definition) is 7. The van der Waals surface area contributed by atoms with Crippen molar-refractivity contribution in [1.82, 2.24) is 15.3 Å². The van der Waals surface area contributed by atoms with E-state index in [0.29, 0.717) is 23.0 Å². The van der Waals surface area contributed by atoms with Crippen LogP contribution >= 0.6 is 11.8 Å². The smallest absolute Gasteiger partial charge is 0.412 e. The Morgan fingerprint density at radius 1 is 0.826 bits per heavy atom. The van der Waals surface area contributed by atoms with Crippen LogP contribution in [0.25, 0.3) is 10.9 Å². The molecular weight excluding hydrogens is 595 g/mol. The maximum Gasteiger partial charge on any atom is 0.412 e. The van der Waals surface area contributed by atoms with E-state index in [2.05, 4.69) is 51.9 Å². The van der Waals surface area contributed by atoms with Gasteiger partial charge in [-0.25, -0.2) is 14.8 Å². The number of aromatic nitrogens is 2. The zero-order chi connectivity index (χ0) is 32.8. The van der Waals surface area contributed by atoms with Gasteiger partial charge in [-0.15, -0.1) is 0 Å². The molecule has 0 aliphatic heterocycles. The van der Waals surface area contributed by atoms with Crippen LogP contribution < -0.4 is 16.0 Å². The van der Waals surface area contributed by atoms with Gasteiger partial charge in [0.05, 0.1) is 17.2 Å². The van der Waals surface area contributed by atoms with E-state index in [1.807, 2.05) is 107 Å². The molecule has 5 rings (SSSR count). The molecule has 5 aromatic rings. The molecule has 236 valence electrons. The van der Waals surface area contributed by atoms with Crippen LogP contribution in [0.15, 0.2) is 107 Å². The Kier molecular flexibility index (Phi) is 9.92. The van der Waals surface area contributed by atoms with Gasteiger partial charge in [-0.2, -0.15) is 0 Å². The molecule has 1 atom stereocenters. The van der Waals surface area contributed by atoms with Gasteiger partial charge in [0.25, 0.3) is 5.91 Å². The Labute approximate surface area is 274 Å². The van der Waals surface area contributed by atoms with Crippen molar-refractivity contribution in [1.29, 1.82) is 0 Å². The lowest BCUT2D eigenvalue weighted by Gasteiger charge is -2.19. The Hall–Kier alpha value is -4.89. The molecule has 0 saturated carbocycles. The molecule has 0 bridgehead atoms. The first-order valence-electron chi connectivity index (χ1n) is 15.2. The van der Waals surface area contributed by atoms with Crippen LogP contribution in [-0.4, -0.2) is 27.6 Å². The standard InChI is InChI=1S/C37H39N5O3S/c1-23(2)26-12-18-30-31(20-26)38-22-39-34(30)42-32-21-27(35(43)40-24(3)25-10-8-7-9-11-25)13-19-33(32)46-29-16-14-28(15-17-29)41-36(44)45-37(4,5)6/h7-24H,1-6H3,(H,40,43)(H,41,44)(H,38,39,42). The molecule has 0 saturated heterocycles. The average Bonchev–Trinajstić information content (AvgIpc) is 3.02. The second-order valence-electron chi connectivity index (χ2n) is 12.3. The maximum absolute atomic E-state index is 13.4. The number of carbonyl (C=O) groups is 2. The van der Waals surface area contributed by atoms with Crippen LogP contribution in [0.5, 0.6) is 0 Å². The van der Waals surface area contributed by atoms with E-state index in [4.69, 9.17) is 4.74 Å². The first-order valence-corrected chi connectivity index (χ1v) is 16.1. The van der Waals surface area contributed by atoms with Gasteiger partial charge in [0.1, 0.15) is 17.7 Å². The largest absolute Gasteiger partial charge is 0.444 e. The zero-order valence-electron chi connectivity index (χ0n) is 26.9. The average molecular weight is 634 g/mol. The van der Waals surface area contributed by atoms with E-state index in [1.165, 1.54) is 17.3 Å². The minimum absolute atomic E-state index is 0.159. The fraction of sp³-hybridized carbons (Fsp3) is 0.243. The number of nitrogens with one attached hydrogen (secondary N) is 3. The highest BCUT2D eigenvalue weighted by atomic mass is 32.2. The zero-order valence-corrected chi connectivity index (χ0v) is 27.7. The first kappa shape index (κ1) is 32.5. The van der Waals surface area contributed by atoms with Crippen molar-refractivity contribution in [2.24, 2.45) is 0 Å². The Morgan fingerprint density at radius 2 is 1.57 bits per heavy atom. The lowest BCUT2D eigenvalue weighted by atomic mass is 10.0. The van der Waals surface area contributed by atoms with E-state index in [9.17, 15) is 9.59 Å². The molecule has 3 N–H and O–H groups in total. The van der Waals surface area contributed by atoms with Crippen LogP contribution in [0.3, 0.4) is 0 Å².